The van der Waals surface area contributed by atoms with Crippen molar-refractivity contribution in [1.29, 1.82) is 0 Å². The van der Waals surface area contributed by atoms with Gasteiger partial charge in [-0.1, -0.05) is 29.5 Å². The first-order valence-electron chi connectivity index (χ1n) is 9.63. The number of aryl methyl sites for hydroxylation is 3. The molecule has 0 amide bonds. The molecule has 7 heteroatoms. The van der Waals surface area contributed by atoms with Crippen molar-refractivity contribution in [2.24, 2.45) is 0 Å². The third-order valence-electron chi connectivity index (χ3n) is 5.08. The van der Waals surface area contributed by atoms with Crippen molar-refractivity contribution in [3.05, 3.63) is 82.5 Å². The largest absolute Gasteiger partial charge is 0.454 e. The Kier molecular flexibility index (Phi) is 5.18. The van der Waals surface area contributed by atoms with Gasteiger partial charge in [-0.25, -0.2) is 14.5 Å². The molecule has 0 saturated heterocycles. The van der Waals surface area contributed by atoms with Crippen LogP contribution in [0.4, 0.5) is 0 Å². The first kappa shape index (κ1) is 19.6. The monoisotopic (exact) mass is 402 g/mol. The molecule has 0 fully saturated rings. The van der Waals surface area contributed by atoms with Gasteiger partial charge in [-0.15, -0.1) is 5.10 Å². The molecule has 7 nitrogen and oxygen atoms in total. The van der Waals surface area contributed by atoms with E-state index in [1.165, 1.54) is 5.56 Å². The lowest BCUT2D eigenvalue weighted by Crippen LogP contribution is -2.09. The van der Waals surface area contributed by atoms with E-state index in [2.05, 4.69) is 15.3 Å². The highest BCUT2D eigenvalue weighted by Gasteiger charge is 2.20. The number of carbonyl (C=O) groups is 1. The molecule has 0 bridgehead atoms. The van der Waals surface area contributed by atoms with Crippen LogP contribution in [0.1, 0.15) is 38.8 Å². The highest BCUT2D eigenvalue weighted by Crippen LogP contribution is 2.22. The van der Waals surface area contributed by atoms with Crippen LogP contribution < -0.4 is 0 Å². The van der Waals surface area contributed by atoms with Gasteiger partial charge in [0.2, 0.25) is 5.89 Å². The van der Waals surface area contributed by atoms with Gasteiger partial charge in [0.05, 0.1) is 11.4 Å². The van der Waals surface area contributed by atoms with Gasteiger partial charge in [0.25, 0.3) is 0 Å². The third-order valence-corrected chi connectivity index (χ3v) is 5.08. The first-order chi connectivity index (χ1) is 14.4. The molecule has 0 saturated carbocycles. The van der Waals surface area contributed by atoms with Gasteiger partial charge in [-0.05, 0) is 63.1 Å². The summed E-state index contributed by atoms with van der Waals surface area (Å²) in [5, 5.41) is 8.15. The van der Waals surface area contributed by atoms with Crippen molar-refractivity contribution < 1.29 is 13.9 Å². The van der Waals surface area contributed by atoms with Crippen LogP contribution in [-0.4, -0.2) is 25.9 Å². The lowest BCUT2D eigenvalue weighted by atomic mass is 10.1. The Morgan fingerprint density at radius 1 is 1.03 bits per heavy atom. The first-order valence-corrected chi connectivity index (χ1v) is 9.63. The molecular formula is C23H22N4O3. The molecule has 0 aliphatic rings. The van der Waals surface area contributed by atoms with Crippen LogP contribution >= 0.6 is 0 Å². The molecule has 2 aromatic heterocycles. The highest BCUT2D eigenvalue weighted by molar-refractivity contribution is 5.88. The van der Waals surface area contributed by atoms with Crippen molar-refractivity contribution in [2.45, 2.75) is 34.3 Å². The standard InChI is InChI=1S/C23H22N4O3/c1-14-10-11-19(12-15(14)2)27-16(3)21(25-26-27)23(28)29-13-20-17(4)30-22(24-20)18-8-6-5-7-9-18/h5-12H,13H2,1-4H3. The summed E-state index contributed by atoms with van der Waals surface area (Å²) in [6.45, 7) is 7.66. The lowest BCUT2D eigenvalue weighted by molar-refractivity contribution is 0.0459. The van der Waals surface area contributed by atoms with Gasteiger partial charge >= 0.3 is 5.97 Å². The van der Waals surface area contributed by atoms with Crippen molar-refractivity contribution in [2.75, 3.05) is 0 Å². The van der Waals surface area contributed by atoms with E-state index in [1.54, 1.807) is 18.5 Å². The van der Waals surface area contributed by atoms with Crippen LogP contribution in [0.15, 0.2) is 52.9 Å². The number of rotatable bonds is 5. The zero-order valence-electron chi connectivity index (χ0n) is 17.3. The molecule has 0 radical (unpaired) electrons. The van der Waals surface area contributed by atoms with Crippen LogP contribution in [0.2, 0.25) is 0 Å². The second-order valence-electron chi connectivity index (χ2n) is 7.17. The van der Waals surface area contributed by atoms with E-state index in [4.69, 9.17) is 9.15 Å². The number of aromatic nitrogens is 4. The molecule has 0 atom stereocenters. The molecule has 0 aliphatic heterocycles. The van der Waals surface area contributed by atoms with Crippen LogP contribution in [0, 0.1) is 27.7 Å². The van der Waals surface area contributed by atoms with E-state index in [0.717, 1.165) is 16.8 Å². The zero-order chi connectivity index (χ0) is 21.3. The Morgan fingerprint density at radius 3 is 2.53 bits per heavy atom. The molecule has 0 aliphatic carbocycles. The van der Waals surface area contributed by atoms with Gasteiger partial charge in [-0.3, -0.25) is 0 Å². The second kappa shape index (κ2) is 7.94. The summed E-state index contributed by atoms with van der Waals surface area (Å²) in [5.74, 6) is 0.555. The Bertz CT molecular complexity index is 1210. The normalized spacial score (nSPS) is 10.9. The van der Waals surface area contributed by atoms with E-state index >= 15 is 0 Å². The van der Waals surface area contributed by atoms with E-state index in [-0.39, 0.29) is 12.3 Å². The van der Waals surface area contributed by atoms with Gasteiger partial charge in [0, 0.05) is 5.56 Å². The fraction of sp³-hybridized carbons (Fsp3) is 0.217. The predicted octanol–water partition coefficient (Wildman–Crippen LogP) is 4.51. The average molecular weight is 402 g/mol. The Labute approximate surface area is 174 Å². The smallest absolute Gasteiger partial charge is 0.361 e. The zero-order valence-corrected chi connectivity index (χ0v) is 17.3. The maximum absolute atomic E-state index is 12.6. The van der Waals surface area contributed by atoms with Crippen molar-refractivity contribution in [3.8, 4) is 17.1 Å². The Hall–Kier alpha value is -3.74. The lowest BCUT2D eigenvalue weighted by Gasteiger charge is -2.07. The second-order valence-corrected chi connectivity index (χ2v) is 7.17. The molecule has 0 N–H and O–H groups in total. The van der Waals surface area contributed by atoms with Crippen LogP contribution in [0.25, 0.3) is 17.1 Å². The number of hydrogen-bond donors (Lipinski definition) is 0. The molecular weight excluding hydrogens is 380 g/mol. The van der Waals surface area contributed by atoms with E-state index in [1.807, 2.05) is 62.4 Å². The SMILES string of the molecule is Cc1ccc(-n2nnc(C(=O)OCc3nc(-c4ccccc4)oc3C)c2C)cc1C. The fourth-order valence-electron chi connectivity index (χ4n) is 3.09. The number of carbonyl (C=O) groups excluding carboxylic acids is 1. The molecule has 152 valence electrons. The van der Waals surface area contributed by atoms with Crippen LogP contribution in [-0.2, 0) is 11.3 Å². The minimum atomic E-state index is -0.550. The Morgan fingerprint density at radius 2 is 1.80 bits per heavy atom. The predicted molar refractivity (Wildman–Crippen MR) is 111 cm³/mol. The number of hydrogen-bond acceptors (Lipinski definition) is 6. The summed E-state index contributed by atoms with van der Waals surface area (Å²) < 4.78 is 12.8. The summed E-state index contributed by atoms with van der Waals surface area (Å²) in [5.41, 5.74) is 5.41. The quantitative estimate of drug-likeness (QED) is 0.457. The molecule has 0 spiro atoms. The Balaban J connectivity index is 1.50. The summed E-state index contributed by atoms with van der Waals surface area (Å²) in [6.07, 6.45) is 0. The van der Waals surface area contributed by atoms with Crippen molar-refractivity contribution in [1.82, 2.24) is 20.0 Å². The third kappa shape index (κ3) is 3.74. The van der Waals surface area contributed by atoms with E-state index in [0.29, 0.717) is 23.0 Å². The number of ether oxygens (including phenoxy) is 1. The molecule has 0 unspecified atom stereocenters. The minimum absolute atomic E-state index is 0.00304. The van der Waals surface area contributed by atoms with E-state index in [9.17, 15) is 4.79 Å². The van der Waals surface area contributed by atoms with Gasteiger partial charge in [-0.2, -0.15) is 0 Å². The number of benzene rings is 2. The van der Waals surface area contributed by atoms with Crippen molar-refractivity contribution in [3.63, 3.8) is 0 Å². The van der Waals surface area contributed by atoms with Gasteiger partial charge in [0.1, 0.15) is 18.1 Å². The maximum atomic E-state index is 12.6. The number of nitrogens with zero attached hydrogens (tertiary/aromatic N) is 4. The molecule has 4 aromatic rings. The minimum Gasteiger partial charge on any atom is -0.454 e. The van der Waals surface area contributed by atoms with Gasteiger partial charge in [0.15, 0.2) is 5.69 Å². The molecule has 2 aromatic carbocycles. The number of oxazole rings is 1. The molecule has 30 heavy (non-hydrogen) atoms. The summed E-state index contributed by atoms with van der Waals surface area (Å²) in [7, 11) is 0. The maximum Gasteiger partial charge on any atom is 0.361 e. The van der Waals surface area contributed by atoms with Gasteiger partial charge < -0.3 is 9.15 Å². The highest BCUT2D eigenvalue weighted by atomic mass is 16.5. The summed E-state index contributed by atoms with van der Waals surface area (Å²) >= 11 is 0. The topological polar surface area (TPSA) is 83.0 Å². The molecule has 4 rings (SSSR count). The number of esters is 1. The average Bonchev–Trinajstić information content (AvgIpc) is 3.31. The van der Waals surface area contributed by atoms with Crippen LogP contribution in [0.3, 0.4) is 0 Å². The van der Waals surface area contributed by atoms with Crippen molar-refractivity contribution >= 4 is 5.97 Å². The summed E-state index contributed by atoms with van der Waals surface area (Å²) in [6, 6.07) is 15.5. The molecule has 2 heterocycles. The van der Waals surface area contributed by atoms with Crippen LogP contribution in [0.5, 0.6) is 0 Å². The van der Waals surface area contributed by atoms with E-state index < -0.39 is 5.97 Å². The fourth-order valence-corrected chi connectivity index (χ4v) is 3.09. The summed E-state index contributed by atoms with van der Waals surface area (Å²) in [4.78, 5) is 17.0.